The molecule has 6 heteroatoms. The van der Waals surface area contributed by atoms with Crippen molar-refractivity contribution in [3.63, 3.8) is 0 Å². The Morgan fingerprint density at radius 3 is 2.96 bits per heavy atom. The molecule has 0 spiro atoms. The van der Waals surface area contributed by atoms with Crippen LogP contribution in [0.1, 0.15) is 22.9 Å². The average Bonchev–Trinajstić information content (AvgIpc) is 3.09. The quantitative estimate of drug-likeness (QED) is 0.721. The number of carbonyl (C=O) groups is 1. The highest BCUT2D eigenvalue weighted by atomic mass is 32.1. The molecular weight excluding hydrogens is 334 g/mol. The van der Waals surface area contributed by atoms with E-state index < -0.39 is 0 Å². The van der Waals surface area contributed by atoms with Crippen LogP contribution in [-0.2, 0) is 11.2 Å². The smallest absolute Gasteiger partial charge is 0.265 e. The van der Waals surface area contributed by atoms with Crippen LogP contribution in [0, 0.1) is 13.8 Å². The van der Waals surface area contributed by atoms with Gasteiger partial charge in [-0.2, -0.15) is 0 Å². The minimum Gasteiger partial charge on any atom is -0.467 e. The average molecular weight is 353 g/mol. The normalized spacial score (nSPS) is 16.3. The number of nitrogens with zero attached hydrogens (tertiary/aromatic N) is 3. The van der Waals surface area contributed by atoms with Gasteiger partial charge in [0, 0.05) is 16.6 Å². The van der Waals surface area contributed by atoms with Gasteiger partial charge in [0.25, 0.3) is 5.91 Å². The molecule has 128 valence electrons. The summed E-state index contributed by atoms with van der Waals surface area (Å²) >= 11 is 1.62. The van der Waals surface area contributed by atoms with Crippen molar-refractivity contribution in [3.05, 3.63) is 46.6 Å². The van der Waals surface area contributed by atoms with Crippen molar-refractivity contribution in [1.29, 1.82) is 0 Å². The van der Waals surface area contributed by atoms with Gasteiger partial charge in [-0.25, -0.2) is 9.97 Å². The predicted molar refractivity (Wildman–Crippen MR) is 99.5 cm³/mol. The molecule has 0 fully saturated rings. The zero-order valence-corrected chi connectivity index (χ0v) is 15.3. The molecule has 1 aliphatic rings. The molecule has 0 radical (unpaired) electrons. The minimum atomic E-state index is -0.0474. The number of amides is 1. The number of hydrogen-bond acceptors (Lipinski definition) is 5. The van der Waals surface area contributed by atoms with Crippen LogP contribution in [0.5, 0.6) is 5.88 Å². The van der Waals surface area contributed by atoms with Crippen molar-refractivity contribution in [2.75, 3.05) is 11.5 Å². The lowest BCUT2D eigenvalue weighted by Crippen LogP contribution is -2.39. The number of benzene rings is 1. The molecule has 1 aliphatic heterocycles. The van der Waals surface area contributed by atoms with E-state index in [-0.39, 0.29) is 18.6 Å². The molecule has 0 bridgehead atoms. The molecule has 5 nitrogen and oxygen atoms in total. The van der Waals surface area contributed by atoms with Crippen molar-refractivity contribution in [2.24, 2.45) is 0 Å². The lowest BCUT2D eigenvalue weighted by molar-refractivity contribution is -0.120. The number of anilines is 1. The van der Waals surface area contributed by atoms with Gasteiger partial charge in [0.2, 0.25) is 5.88 Å². The van der Waals surface area contributed by atoms with E-state index >= 15 is 0 Å². The van der Waals surface area contributed by atoms with Crippen LogP contribution in [0.15, 0.2) is 30.6 Å². The maximum absolute atomic E-state index is 12.8. The molecule has 3 heterocycles. The summed E-state index contributed by atoms with van der Waals surface area (Å²) in [6, 6.07) is 8.18. The van der Waals surface area contributed by atoms with Gasteiger partial charge in [0.1, 0.15) is 11.2 Å². The van der Waals surface area contributed by atoms with Crippen molar-refractivity contribution < 1.29 is 9.53 Å². The van der Waals surface area contributed by atoms with Crippen LogP contribution in [0.3, 0.4) is 0 Å². The first-order valence-electron chi connectivity index (χ1n) is 8.29. The van der Waals surface area contributed by atoms with Gasteiger partial charge in [-0.15, -0.1) is 11.3 Å². The zero-order valence-electron chi connectivity index (χ0n) is 14.4. The van der Waals surface area contributed by atoms with Crippen molar-refractivity contribution in [3.8, 4) is 5.88 Å². The van der Waals surface area contributed by atoms with Gasteiger partial charge in [0.15, 0.2) is 6.61 Å². The first-order valence-corrected chi connectivity index (χ1v) is 9.11. The molecule has 0 saturated carbocycles. The Bertz CT molecular complexity index is 966. The van der Waals surface area contributed by atoms with Crippen LogP contribution >= 0.6 is 11.3 Å². The third-order valence-corrected chi connectivity index (χ3v) is 5.85. The maximum atomic E-state index is 12.8. The molecule has 3 aromatic rings. The summed E-state index contributed by atoms with van der Waals surface area (Å²) in [6.45, 7) is 6.12. The number of carbonyl (C=O) groups excluding carboxylic acids is 1. The van der Waals surface area contributed by atoms with E-state index in [0.717, 1.165) is 27.9 Å². The van der Waals surface area contributed by atoms with Crippen LogP contribution in [0.4, 0.5) is 5.69 Å². The number of aromatic nitrogens is 2. The maximum Gasteiger partial charge on any atom is 0.265 e. The van der Waals surface area contributed by atoms with E-state index in [1.54, 1.807) is 11.3 Å². The van der Waals surface area contributed by atoms with Gasteiger partial charge in [0.05, 0.1) is 5.39 Å². The molecule has 25 heavy (non-hydrogen) atoms. The Hall–Kier alpha value is -2.47. The van der Waals surface area contributed by atoms with Crippen LogP contribution in [0.25, 0.3) is 10.2 Å². The highest BCUT2D eigenvalue weighted by Gasteiger charge is 2.30. The number of thiophene rings is 1. The van der Waals surface area contributed by atoms with E-state index in [9.17, 15) is 4.79 Å². The van der Waals surface area contributed by atoms with Crippen molar-refractivity contribution in [2.45, 2.75) is 33.2 Å². The molecule has 1 unspecified atom stereocenters. The Labute approximate surface area is 150 Å². The number of rotatable bonds is 3. The number of hydrogen-bond donors (Lipinski definition) is 0. The predicted octanol–water partition coefficient (Wildman–Crippen LogP) is 3.66. The highest BCUT2D eigenvalue weighted by molar-refractivity contribution is 7.18. The molecular formula is C19H19N3O2S. The summed E-state index contributed by atoms with van der Waals surface area (Å²) < 4.78 is 5.82. The standard InChI is InChI=1S/C19H19N3O2S/c1-11-8-14-6-4-5-7-15(14)22(11)16(23)9-24-18-17-12(2)13(3)25-19(17)21-10-20-18/h4-7,10-11H,8-9H2,1-3H3. The highest BCUT2D eigenvalue weighted by Crippen LogP contribution is 2.34. The van der Waals surface area contributed by atoms with Crippen molar-refractivity contribution in [1.82, 2.24) is 9.97 Å². The first-order chi connectivity index (χ1) is 12.1. The second-order valence-electron chi connectivity index (χ2n) is 6.38. The third-order valence-electron chi connectivity index (χ3n) is 4.74. The third kappa shape index (κ3) is 2.66. The molecule has 1 amide bonds. The van der Waals surface area contributed by atoms with Crippen LogP contribution < -0.4 is 9.64 Å². The largest absolute Gasteiger partial charge is 0.467 e. The fraction of sp³-hybridized carbons (Fsp3) is 0.316. The lowest BCUT2D eigenvalue weighted by atomic mass is 10.1. The topological polar surface area (TPSA) is 55.3 Å². The Balaban J connectivity index is 1.57. The fourth-order valence-corrected chi connectivity index (χ4v) is 4.39. The molecule has 4 rings (SSSR count). The number of ether oxygens (including phenoxy) is 1. The Kier molecular flexibility index (Phi) is 3.92. The SMILES string of the molecule is Cc1sc2ncnc(OCC(=O)N3c4ccccc4CC3C)c2c1C. The van der Waals surface area contributed by atoms with Crippen LogP contribution in [0.2, 0.25) is 0 Å². The zero-order chi connectivity index (χ0) is 17.6. The van der Waals surface area contributed by atoms with Gasteiger partial charge in [-0.1, -0.05) is 18.2 Å². The monoisotopic (exact) mass is 353 g/mol. The van der Waals surface area contributed by atoms with E-state index in [0.29, 0.717) is 5.88 Å². The van der Waals surface area contributed by atoms with Gasteiger partial charge in [-0.3, -0.25) is 4.79 Å². The second-order valence-corrected chi connectivity index (χ2v) is 7.58. The number of aryl methyl sites for hydroxylation is 2. The van der Waals surface area contributed by atoms with E-state index in [1.807, 2.05) is 30.0 Å². The van der Waals surface area contributed by atoms with Crippen LogP contribution in [-0.4, -0.2) is 28.5 Å². The van der Waals surface area contributed by atoms with E-state index in [2.05, 4.69) is 29.9 Å². The molecule has 0 N–H and O–H groups in total. The Morgan fingerprint density at radius 1 is 1.32 bits per heavy atom. The summed E-state index contributed by atoms with van der Waals surface area (Å²) in [4.78, 5) is 25.2. The molecule has 1 aromatic carbocycles. The van der Waals surface area contributed by atoms with E-state index in [1.165, 1.54) is 16.8 Å². The molecule has 0 aliphatic carbocycles. The summed E-state index contributed by atoms with van der Waals surface area (Å²) in [7, 11) is 0. The van der Waals surface area contributed by atoms with Gasteiger partial charge in [-0.05, 0) is 44.4 Å². The molecule has 1 atom stereocenters. The Morgan fingerprint density at radius 2 is 2.12 bits per heavy atom. The van der Waals surface area contributed by atoms with Crippen molar-refractivity contribution >= 4 is 33.1 Å². The lowest BCUT2D eigenvalue weighted by Gasteiger charge is -2.22. The number of para-hydroxylation sites is 1. The minimum absolute atomic E-state index is 0.0286. The number of fused-ring (bicyclic) bond motifs is 2. The van der Waals surface area contributed by atoms with Gasteiger partial charge >= 0.3 is 0 Å². The molecule has 0 saturated heterocycles. The summed E-state index contributed by atoms with van der Waals surface area (Å²) in [5.74, 6) is 0.439. The first kappa shape index (κ1) is 16.0. The second kappa shape index (κ2) is 6.11. The summed E-state index contributed by atoms with van der Waals surface area (Å²) in [6.07, 6.45) is 2.37. The molecule has 2 aromatic heterocycles. The fourth-order valence-electron chi connectivity index (χ4n) is 3.40. The summed E-state index contributed by atoms with van der Waals surface area (Å²) in [5, 5.41) is 0.910. The summed E-state index contributed by atoms with van der Waals surface area (Å²) in [5.41, 5.74) is 3.30. The van der Waals surface area contributed by atoms with E-state index in [4.69, 9.17) is 4.74 Å². The van der Waals surface area contributed by atoms with Gasteiger partial charge < -0.3 is 9.64 Å².